The van der Waals surface area contributed by atoms with Gasteiger partial charge in [0.2, 0.25) is 11.8 Å². The van der Waals surface area contributed by atoms with Gasteiger partial charge in [-0.05, 0) is 44.9 Å². The van der Waals surface area contributed by atoms with Crippen LogP contribution in [0.15, 0.2) is 22.6 Å². The number of hydrogen-bond donors (Lipinski definition) is 0. The summed E-state index contributed by atoms with van der Waals surface area (Å²) >= 11 is 0. The van der Waals surface area contributed by atoms with Crippen molar-refractivity contribution in [2.75, 3.05) is 20.3 Å². The largest absolute Gasteiger partial charge is 0.493 e. The molecule has 0 bridgehead atoms. The normalized spacial score (nSPS) is 17.0. The second-order valence-electron chi connectivity index (χ2n) is 6.62. The minimum Gasteiger partial charge on any atom is -0.493 e. The summed E-state index contributed by atoms with van der Waals surface area (Å²) in [6.07, 6.45) is 1.85. The van der Waals surface area contributed by atoms with E-state index >= 15 is 0 Å². The van der Waals surface area contributed by atoms with Crippen LogP contribution in [-0.4, -0.2) is 36.6 Å². The van der Waals surface area contributed by atoms with Crippen molar-refractivity contribution in [1.29, 1.82) is 0 Å². The van der Waals surface area contributed by atoms with Crippen LogP contribution in [0.4, 0.5) is 0 Å². The SMILES string of the molecule is COc1cc(-c2nnc(C3(C)CCOCC3)o2)ccc1OC(C)C. The number of nitrogens with zero attached hydrogens (tertiary/aromatic N) is 2. The van der Waals surface area contributed by atoms with Gasteiger partial charge in [-0.3, -0.25) is 0 Å². The molecule has 0 unspecified atom stereocenters. The van der Waals surface area contributed by atoms with Gasteiger partial charge in [0, 0.05) is 18.8 Å². The third-order valence-corrected chi connectivity index (χ3v) is 4.31. The molecule has 0 aliphatic carbocycles. The molecule has 2 aromatic rings. The average Bonchev–Trinajstić information content (AvgIpc) is 3.06. The maximum Gasteiger partial charge on any atom is 0.247 e. The lowest BCUT2D eigenvalue weighted by molar-refractivity contribution is 0.0471. The molecule has 0 saturated carbocycles. The number of methoxy groups -OCH3 is 1. The summed E-state index contributed by atoms with van der Waals surface area (Å²) in [5.41, 5.74) is 0.700. The van der Waals surface area contributed by atoms with Crippen LogP contribution in [0, 0.1) is 0 Å². The van der Waals surface area contributed by atoms with Gasteiger partial charge in [-0.1, -0.05) is 6.92 Å². The Labute approximate surface area is 142 Å². The Morgan fingerprint density at radius 2 is 1.88 bits per heavy atom. The van der Waals surface area contributed by atoms with E-state index in [-0.39, 0.29) is 11.5 Å². The zero-order chi connectivity index (χ0) is 17.2. The number of hydrogen-bond acceptors (Lipinski definition) is 6. The number of rotatable bonds is 5. The van der Waals surface area contributed by atoms with E-state index in [1.165, 1.54) is 0 Å². The highest BCUT2D eigenvalue weighted by Gasteiger charge is 2.35. The molecule has 1 aliphatic heterocycles. The first-order chi connectivity index (χ1) is 11.5. The molecule has 0 atom stereocenters. The summed E-state index contributed by atoms with van der Waals surface area (Å²) in [7, 11) is 1.62. The van der Waals surface area contributed by atoms with Crippen LogP contribution in [0.25, 0.3) is 11.5 Å². The first-order valence-electron chi connectivity index (χ1n) is 8.28. The zero-order valence-electron chi connectivity index (χ0n) is 14.7. The maximum atomic E-state index is 5.96. The summed E-state index contributed by atoms with van der Waals surface area (Å²) in [6, 6.07) is 5.64. The van der Waals surface area contributed by atoms with E-state index in [0.717, 1.165) is 31.6 Å². The molecule has 6 nitrogen and oxygen atoms in total. The van der Waals surface area contributed by atoms with Crippen molar-refractivity contribution in [3.05, 3.63) is 24.1 Å². The topological polar surface area (TPSA) is 66.6 Å². The van der Waals surface area contributed by atoms with Crippen LogP contribution >= 0.6 is 0 Å². The Bertz CT molecular complexity index is 690. The summed E-state index contributed by atoms with van der Waals surface area (Å²) < 4.78 is 22.5. The molecular weight excluding hydrogens is 308 g/mol. The van der Waals surface area contributed by atoms with Gasteiger partial charge in [0.1, 0.15) is 0 Å². The summed E-state index contributed by atoms with van der Waals surface area (Å²) in [4.78, 5) is 0. The van der Waals surface area contributed by atoms with Crippen molar-refractivity contribution in [2.24, 2.45) is 0 Å². The Morgan fingerprint density at radius 3 is 2.54 bits per heavy atom. The molecule has 0 N–H and O–H groups in total. The fraction of sp³-hybridized carbons (Fsp3) is 0.556. The highest BCUT2D eigenvalue weighted by atomic mass is 16.5. The van der Waals surface area contributed by atoms with Crippen LogP contribution in [0.5, 0.6) is 11.5 Å². The van der Waals surface area contributed by atoms with E-state index in [0.29, 0.717) is 23.3 Å². The van der Waals surface area contributed by atoms with Crippen molar-refractivity contribution < 1.29 is 18.6 Å². The molecule has 2 heterocycles. The van der Waals surface area contributed by atoms with E-state index in [2.05, 4.69) is 17.1 Å². The van der Waals surface area contributed by atoms with Gasteiger partial charge in [-0.25, -0.2) is 0 Å². The zero-order valence-corrected chi connectivity index (χ0v) is 14.7. The Hall–Kier alpha value is -2.08. The second-order valence-corrected chi connectivity index (χ2v) is 6.62. The minimum atomic E-state index is -0.117. The Kier molecular flexibility index (Phi) is 4.76. The van der Waals surface area contributed by atoms with E-state index < -0.39 is 0 Å². The number of benzene rings is 1. The summed E-state index contributed by atoms with van der Waals surface area (Å²) in [5, 5.41) is 8.49. The standard InChI is InChI=1S/C18H24N2O4/c1-12(2)23-14-6-5-13(11-15(14)21-4)16-19-20-17(24-16)18(3)7-9-22-10-8-18/h5-6,11-12H,7-10H2,1-4H3. The minimum absolute atomic E-state index is 0.0771. The van der Waals surface area contributed by atoms with E-state index in [9.17, 15) is 0 Å². The molecule has 1 aliphatic rings. The fourth-order valence-electron chi connectivity index (χ4n) is 2.77. The second kappa shape index (κ2) is 6.81. The highest BCUT2D eigenvalue weighted by molar-refractivity contribution is 5.59. The predicted molar refractivity (Wildman–Crippen MR) is 89.5 cm³/mol. The van der Waals surface area contributed by atoms with Crippen LogP contribution < -0.4 is 9.47 Å². The van der Waals surface area contributed by atoms with E-state index in [4.69, 9.17) is 18.6 Å². The quantitative estimate of drug-likeness (QED) is 0.833. The Morgan fingerprint density at radius 1 is 1.12 bits per heavy atom. The monoisotopic (exact) mass is 332 g/mol. The van der Waals surface area contributed by atoms with Gasteiger partial charge in [0.15, 0.2) is 11.5 Å². The lowest BCUT2D eigenvalue weighted by atomic mass is 9.82. The fourth-order valence-corrected chi connectivity index (χ4v) is 2.77. The van der Waals surface area contributed by atoms with Crippen LogP contribution in [0.3, 0.4) is 0 Å². The molecule has 3 rings (SSSR count). The highest BCUT2D eigenvalue weighted by Crippen LogP contribution is 2.36. The molecule has 6 heteroatoms. The summed E-state index contributed by atoms with van der Waals surface area (Å²) in [6.45, 7) is 7.55. The molecule has 1 fully saturated rings. The van der Waals surface area contributed by atoms with Gasteiger partial charge in [-0.2, -0.15) is 0 Å². The van der Waals surface area contributed by atoms with Gasteiger partial charge in [0.25, 0.3) is 0 Å². The molecule has 0 spiro atoms. The van der Waals surface area contributed by atoms with Crippen LogP contribution in [0.1, 0.15) is 39.5 Å². The summed E-state index contributed by atoms with van der Waals surface area (Å²) in [5.74, 6) is 2.51. The smallest absolute Gasteiger partial charge is 0.247 e. The molecule has 130 valence electrons. The van der Waals surface area contributed by atoms with Gasteiger partial charge in [-0.15, -0.1) is 10.2 Å². The van der Waals surface area contributed by atoms with Crippen LogP contribution in [-0.2, 0) is 10.2 Å². The van der Waals surface area contributed by atoms with Crippen molar-refractivity contribution in [2.45, 2.75) is 45.1 Å². The first kappa shape index (κ1) is 16.8. The molecule has 0 amide bonds. The molecule has 0 radical (unpaired) electrons. The third-order valence-electron chi connectivity index (χ3n) is 4.31. The van der Waals surface area contributed by atoms with Crippen molar-refractivity contribution in [3.63, 3.8) is 0 Å². The lowest BCUT2D eigenvalue weighted by Crippen LogP contribution is -2.30. The molecule has 1 saturated heterocycles. The van der Waals surface area contributed by atoms with Gasteiger partial charge < -0.3 is 18.6 Å². The number of aromatic nitrogens is 2. The molecule has 24 heavy (non-hydrogen) atoms. The van der Waals surface area contributed by atoms with Crippen molar-refractivity contribution in [1.82, 2.24) is 10.2 Å². The van der Waals surface area contributed by atoms with Gasteiger partial charge >= 0.3 is 0 Å². The predicted octanol–water partition coefficient (Wildman–Crippen LogP) is 3.60. The molecule has 1 aromatic heterocycles. The number of ether oxygens (including phenoxy) is 3. The molecule has 1 aromatic carbocycles. The average molecular weight is 332 g/mol. The lowest BCUT2D eigenvalue weighted by Gasteiger charge is -2.29. The Balaban J connectivity index is 1.87. The maximum absolute atomic E-state index is 5.96. The van der Waals surface area contributed by atoms with E-state index in [1.54, 1.807) is 7.11 Å². The first-order valence-corrected chi connectivity index (χ1v) is 8.28. The van der Waals surface area contributed by atoms with Crippen molar-refractivity contribution in [3.8, 4) is 23.0 Å². The van der Waals surface area contributed by atoms with E-state index in [1.807, 2.05) is 32.0 Å². The molecular formula is C18H24N2O4. The van der Waals surface area contributed by atoms with Crippen molar-refractivity contribution >= 4 is 0 Å². The third kappa shape index (κ3) is 3.38. The van der Waals surface area contributed by atoms with Crippen LogP contribution in [0.2, 0.25) is 0 Å². The van der Waals surface area contributed by atoms with Gasteiger partial charge in [0.05, 0.1) is 18.6 Å².